The molecule has 208 valence electrons. The van der Waals surface area contributed by atoms with Gasteiger partial charge in [-0.1, -0.05) is 81.6 Å². The summed E-state index contributed by atoms with van der Waals surface area (Å²) in [5.41, 5.74) is -0.442. The van der Waals surface area contributed by atoms with Gasteiger partial charge in [-0.2, -0.15) is 0 Å². The van der Waals surface area contributed by atoms with Crippen LogP contribution in [0.5, 0.6) is 0 Å². The second kappa shape index (κ2) is 12.2. The van der Waals surface area contributed by atoms with Crippen molar-refractivity contribution in [1.29, 1.82) is 0 Å². The summed E-state index contributed by atoms with van der Waals surface area (Å²) in [6.45, 7) is 20.0. The van der Waals surface area contributed by atoms with E-state index in [-0.39, 0.29) is 46.3 Å². The Morgan fingerprint density at radius 3 is 1.25 bits per heavy atom. The molecule has 0 aromatic carbocycles. The van der Waals surface area contributed by atoms with E-state index in [1.165, 1.54) is 0 Å². The van der Waals surface area contributed by atoms with Crippen molar-refractivity contribution < 1.29 is 14.2 Å². The van der Waals surface area contributed by atoms with Gasteiger partial charge in [-0.05, 0) is 91.8 Å². The van der Waals surface area contributed by atoms with Crippen LogP contribution in [0.4, 0.5) is 0 Å². The molecule has 3 aliphatic rings. The number of hydrogen-bond donors (Lipinski definition) is 0. The second-order valence-corrected chi connectivity index (χ2v) is 17.5. The molecule has 0 aromatic rings. The molecule has 0 radical (unpaired) electrons. The molecule has 3 fully saturated rings. The van der Waals surface area contributed by atoms with Crippen LogP contribution < -0.4 is 0 Å². The SMILES string of the molecule is CC1CCC(C(C)C)C(C(=O)P(=O)(C(=O)C2CC(C)CCC2C(C)C)C2CC(C)CCC2C(C)C)C1. The van der Waals surface area contributed by atoms with Crippen LogP contribution in [0.3, 0.4) is 0 Å². The van der Waals surface area contributed by atoms with Crippen molar-refractivity contribution in [2.45, 2.75) is 126 Å². The minimum Gasteiger partial charge on any atom is -0.307 e. The van der Waals surface area contributed by atoms with Crippen molar-refractivity contribution in [3.63, 3.8) is 0 Å². The summed E-state index contributed by atoms with van der Waals surface area (Å²) in [6, 6.07) is 0. The Morgan fingerprint density at radius 1 is 0.556 bits per heavy atom. The lowest BCUT2D eigenvalue weighted by atomic mass is 9.70. The Balaban J connectivity index is 2.13. The fourth-order valence-corrected chi connectivity index (χ4v) is 12.6. The Bertz CT molecular complexity index is 766. The maximum Gasteiger partial charge on any atom is 0.215 e. The lowest BCUT2D eigenvalue weighted by molar-refractivity contribution is -0.123. The van der Waals surface area contributed by atoms with Crippen molar-refractivity contribution in [2.75, 3.05) is 0 Å². The molecule has 0 heterocycles. The lowest BCUT2D eigenvalue weighted by Crippen LogP contribution is -2.43. The number of carbonyl (C=O) groups is 2. The Hall–Kier alpha value is -0.430. The largest absolute Gasteiger partial charge is 0.307 e. The monoisotopic (exact) mass is 520 g/mol. The maximum absolute atomic E-state index is 15.7. The van der Waals surface area contributed by atoms with E-state index in [0.717, 1.165) is 57.8 Å². The Labute approximate surface area is 223 Å². The van der Waals surface area contributed by atoms with Crippen LogP contribution in [0.1, 0.15) is 120 Å². The first-order valence-electron chi connectivity index (χ1n) is 15.5. The summed E-state index contributed by atoms with van der Waals surface area (Å²) >= 11 is 0. The van der Waals surface area contributed by atoms with Crippen LogP contribution in [-0.4, -0.2) is 16.7 Å². The molecule has 3 saturated carbocycles. The highest BCUT2D eigenvalue weighted by molar-refractivity contribution is 7.94. The molecule has 0 bridgehead atoms. The standard InChI is InChI=1S/C32H57O3P/c1-19(2)25-13-10-22(7)16-28(25)31(33)36(35,30-18-24(9)12-15-27(30)21(5)6)32(34)29-17-23(8)11-14-26(29)20(3)4/h19-30H,10-18H2,1-9H3. The fraction of sp³-hybridized carbons (Fsp3) is 0.938. The van der Waals surface area contributed by atoms with Crippen LogP contribution in [0, 0.1) is 65.1 Å². The average Bonchev–Trinajstić information content (AvgIpc) is 2.81. The summed E-state index contributed by atoms with van der Waals surface area (Å²) in [6.07, 6.45) is 8.82. The van der Waals surface area contributed by atoms with Crippen LogP contribution in [0.25, 0.3) is 0 Å². The van der Waals surface area contributed by atoms with E-state index in [4.69, 9.17) is 0 Å². The highest BCUT2D eigenvalue weighted by Gasteiger charge is 2.57. The Morgan fingerprint density at radius 2 is 0.889 bits per heavy atom. The summed E-state index contributed by atoms with van der Waals surface area (Å²) < 4.78 is 15.7. The van der Waals surface area contributed by atoms with Crippen LogP contribution in [0.2, 0.25) is 0 Å². The first-order chi connectivity index (χ1) is 16.8. The van der Waals surface area contributed by atoms with Crippen molar-refractivity contribution >= 4 is 18.2 Å². The molecule has 0 spiro atoms. The van der Waals surface area contributed by atoms with Crippen molar-refractivity contribution in [2.24, 2.45) is 65.1 Å². The zero-order chi connectivity index (χ0) is 26.9. The molecule has 0 saturated heterocycles. The summed E-state index contributed by atoms with van der Waals surface area (Å²) in [4.78, 5) is 29.6. The predicted octanol–water partition coefficient (Wildman–Crippen LogP) is 9.28. The smallest absolute Gasteiger partial charge is 0.215 e. The van der Waals surface area contributed by atoms with Crippen LogP contribution in [-0.2, 0) is 14.2 Å². The molecule has 36 heavy (non-hydrogen) atoms. The van der Waals surface area contributed by atoms with Gasteiger partial charge in [0.1, 0.15) is 0 Å². The highest BCUT2D eigenvalue weighted by Crippen LogP contribution is 2.66. The normalized spacial score (nSPS) is 39.8. The molecule has 3 rings (SSSR count). The van der Waals surface area contributed by atoms with Gasteiger partial charge in [-0.25, -0.2) is 0 Å². The van der Waals surface area contributed by atoms with Gasteiger partial charge in [0.05, 0.1) is 0 Å². The quantitative estimate of drug-likeness (QED) is 0.300. The van der Waals surface area contributed by atoms with Crippen LogP contribution in [0.15, 0.2) is 0 Å². The molecular formula is C32H57O3P. The topological polar surface area (TPSA) is 51.2 Å². The van der Waals surface area contributed by atoms with E-state index in [0.29, 0.717) is 35.5 Å². The van der Waals surface area contributed by atoms with E-state index in [2.05, 4.69) is 62.3 Å². The lowest BCUT2D eigenvalue weighted by Gasteiger charge is -2.46. The molecule has 0 N–H and O–H groups in total. The van der Waals surface area contributed by atoms with Gasteiger partial charge in [-0.3, -0.25) is 9.59 Å². The zero-order valence-corrected chi connectivity index (χ0v) is 25.9. The van der Waals surface area contributed by atoms with Gasteiger partial charge < -0.3 is 4.57 Å². The third kappa shape index (κ3) is 6.07. The molecule has 0 aromatic heterocycles. The molecule has 9 unspecified atom stereocenters. The second-order valence-electron chi connectivity index (χ2n) is 14.6. The van der Waals surface area contributed by atoms with Gasteiger partial charge >= 0.3 is 0 Å². The van der Waals surface area contributed by atoms with Gasteiger partial charge in [0, 0.05) is 17.5 Å². The molecule has 3 nitrogen and oxygen atoms in total. The van der Waals surface area contributed by atoms with Crippen molar-refractivity contribution in [3.8, 4) is 0 Å². The van der Waals surface area contributed by atoms with E-state index in [1.807, 2.05) is 0 Å². The summed E-state index contributed by atoms with van der Waals surface area (Å²) in [5, 5.41) is 0. The molecule has 3 aliphatic carbocycles. The van der Waals surface area contributed by atoms with Gasteiger partial charge in [0.2, 0.25) is 18.2 Å². The first-order valence-corrected chi connectivity index (χ1v) is 17.2. The Kier molecular flexibility index (Phi) is 10.2. The molecule has 0 amide bonds. The summed E-state index contributed by atoms with van der Waals surface area (Å²) in [5.74, 6) is 2.71. The maximum atomic E-state index is 15.7. The minimum atomic E-state index is -3.75. The first kappa shape index (κ1) is 30.1. The molecule has 4 heteroatoms. The van der Waals surface area contributed by atoms with Gasteiger partial charge in [-0.15, -0.1) is 0 Å². The van der Waals surface area contributed by atoms with Crippen molar-refractivity contribution in [3.05, 3.63) is 0 Å². The summed E-state index contributed by atoms with van der Waals surface area (Å²) in [7, 11) is -3.75. The number of rotatable bonds is 8. The molecule has 0 aliphatic heterocycles. The van der Waals surface area contributed by atoms with E-state index in [1.54, 1.807) is 0 Å². The van der Waals surface area contributed by atoms with E-state index in [9.17, 15) is 9.59 Å². The molecule has 9 atom stereocenters. The van der Waals surface area contributed by atoms with E-state index < -0.39 is 7.14 Å². The van der Waals surface area contributed by atoms with Crippen molar-refractivity contribution in [1.82, 2.24) is 0 Å². The number of carbonyl (C=O) groups excluding carboxylic acids is 2. The van der Waals surface area contributed by atoms with Gasteiger partial charge in [0.15, 0.2) is 0 Å². The van der Waals surface area contributed by atoms with Crippen LogP contribution >= 0.6 is 7.14 Å². The third-order valence-corrected chi connectivity index (χ3v) is 14.3. The van der Waals surface area contributed by atoms with Gasteiger partial charge in [0.25, 0.3) is 0 Å². The zero-order valence-electron chi connectivity index (χ0n) is 25.0. The minimum absolute atomic E-state index is 0.0942. The third-order valence-electron chi connectivity index (χ3n) is 10.8. The fourth-order valence-electron chi connectivity index (χ4n) is 8.47. The van der Waals surface area contributed by atoms with E-state index >= 15 is 4.57 Å². The molecular weight excluding hydrogens is 463 g/mol. The number of hydrogen-bond acceptors (Lipinski definition) is 3. The average molecular weight is 521 g/mol. The highest BCUT2D eigenvalue weighted by atomic mass is 31.2. The predicted molar refractivity (Wildman–Crippen MR) is 152 cm³/mol.